The van der Waals surface area contributed by atoms with E-state index in [0.717, 1.165) is 41.4 Å². The van der Waals surface area contributed by atoms with Crippen molar-refractivity contribution in [3.8, 4) is 0 Å². The number of nitrogens with zero attached hydrogens (tertiary/aromatic N) is 2. The maximum atomic E-state index is 6.32. The van der Waals surface area contributed by atoms with Gasteiger partial charge in [0, 0.05) is 25.1 Å². The normalized spacial score (nSPS) is 12.8. The van der Waals surface area contributed by atoms with E-state index in [1.165, 1.54) is 0 Å². The lowest BCUT2D eigenvalue weighted by Gasteiger charge is -2.17. The molecule has 1 unspecified atom stereocenters. The van der Waals surface area contributed by atoms with Crippen molar-refractivity contribution in [1.29, 1.82) is 0 Å². The van der Waals surface area contributed by atoms with Crippen LogP contribution in [0.25, 0.3) is 0 Å². The monoisotopic (exact) mass is 281 g/mol. The average molecular weight is 282 g/mol. The Labute approximate surface area is 118 Å². The van der Waals surface area contributed by atoms with Crippen LogP contribution >= 0.6 is 11.6 Å². The first-order valence-electron chi connectivity index (χ1n) is 6.57. The molecule has 0 aliphatic heterocycles. The molecule has 1 N–H and O–H groups in total. The highest BCUT2D eigenvalue weighted by atomic mass is 35.5. The summed E-state index contributed by atoms with van der Waals surface area (Å²) in [5.74, 6) is 0. The first-order chi connectivity index (χ1) is 9.13. The number of aromatic nitrogens is 2. The third-order valence-corrected chi connectivity index (χ3v) is 3.74. The van der Waals surface area contributed by atoms with Gasteiger partial charge in [0.2, 0.25) is 0 Å². The van der Waals surface area contributed by atoms with Crippen molar-refractivity contribution < 1.29 is 4.42 Å². The summed E-state index contributed by atoms with van der Waals surface area (Å²) >= 11 is 6.32. The van der Waals surface area contributed by atoms with Gasteiger partial charge in [-0.15, -0.1) is 0 Å². The van der Waals surface area contributed by atoms with Gasteiger partial charge in [-0.3, -0.25) is 4.68 Å². The number of hydrogen-bond acceptors (Lipinski definition) is 3. The summed E-state index contributed by atoms with van der Waals surface area (Å²) < 4.78 is 7.04. The molecule has 0 amide bonds. The smallest absolute Gasteiger partial charge is 0.0950 e. The molecule has 1 atom stereocenters. The molecule has 2 heterocycles. The van der Waals surface area contributed by atoms with E-state index < -0.39 is 0 Å². The zero-order valence-electron chi connectivity index (χ0n) is 11.6. The fraction of sp³-hybridized carbons (Fsp3) is 0.500. The van der Waals surface area contributed by atoms with Crippen LogP contribution in [0, 0.1) is 6.92 Å². The zero-order valence-corrected chi connectivity index (χ0v) is 12.4. The standard InChI is InChI=1S/C14H20ClN3O/c1-4-6-16-12(11-5-7-19-9-11)8-13-14(15)10(2)17-18(13)3/h5,7,9,12,16H,4,6,8H2,1-3H3. The molecule has 4 nitrogen and oxygen atoms in total. The molecule has 0 aliphatic rings. The van der Waals surface area contributed by atoms with Crippen LogP contribution in [0.1, 0.15) is 36.3 Å². The maximum absolute atomic E-state index is 6.32. The van der Waals surface area contributed by atoms with Crippen molar-refractivity contribution in [1.82, 2.24) is 15.1 Å². The third-order valence-electron chi connectivity index (χ3n) is 3.25. The molecule has 2 aromatic heterocycles. The molecule has 0 saturated carbocycles. The Kier molecular flexibility index (Phi) is 4.66. The van der Waals surface area contributed by atoms with Crippen LogP contribution in [0.2, 0.25) is 5.02 Å². The molecular weight excluding hydrogens is 262 g/mol. The Bertz CT molecular complexity index is 519. The summed E-state index contributed by atoms with van der Waals surface area (Å²) in [6, 6.07) is 2.19. The van der Waals surface area contributed by atoms with Crippen molar-refractivity contribution in [3.05, 3.63) is 40.6 Å². The lowest BCUT2D eigenvalue weighted by atomic mass is 10.0. The first-order valence-corrected chi connectivity index (χ1v) is 6.94. The van der Waals surface area contributed by atoms with E-state index in [-0.39, 0.29) is 6.04 Å². The van der Waals surface area contributed by atoms with Gasteiger partial charge in [0.05, 0.1) is 28.9 Å². The van der Waals surface area contributed by atoms with Crippen molar-refractivity contribution in [3.63, 3.8) is 0 Å². The largest absolute Gasteiger partial charge is 0.472 e. The number of nitrogens with one attached hydrogen (secondary N) is 1. The van der Waals surface area contributed by atoms with Crippen LogP contribution in [-0.4, -0.2) is 16.3 Å². The lowest BCUT2D eigenvalue weighted by molar-refractivity contribution is 0.500. The fourth-order valence-corrected chi connectivity index (χ4v) is 2.43. The van der Waals surface area contributed by atoms with Gasteiger partial charge in [-0.1, -0.05) is 18.5 Å². The number of halogens is 1. The predicted molar refractivity (Wildman–Crippen MR) is 76.4 cm³/mol. The van der Waals surface area contributed by atoms with Gasteiger partial charge in [-0.05, 0) is 26.0 Å². The van der Waals surface area contributed by atoms with Crippen molar-refractivity contribution in [2.75, 3.05) is 6.54 Å². The summed E-state index contributed by atoms with van der Waals surface area (Å²) in [6.07, 6.45) is 5.37. The van der Waals surface area contributed by atoms with Gasteiger partial charge in [0.1, 0.15) is 0 Å². The Morgan fingerprint density at radius 1 is 1.53 bits per heavy atom. The van der Waals surface area contributed by atoms with Gasteiger partial charge >= 0.3 is 0 Å². The molecule has 0 fully saturated rings. The maximum Gasteiger partial charge on any atom is 0.0950 e. The minimum absolute atomic E-state index is 0.200. The number of rotatable bonds is 6. The molecule has 104 valence electrons. The van der Waals surface area contributed by atoms with Crippen LogP contribution in [0.5, 0.6) is 0 Å². The molecule has 0 bridgehead atoms. The average Bonchev–Trinajstić information content (AvgIpc) is 2.98. The van der Waals surface area contributed by atoms with Crippen LogP contribution in [0.4, 0.5) is 0 Å². The minimum atomic E-state index is 0.200. The zero-order chi connectivity index (χ0) is 13.8. The second-order valence-corrected chi connectivity index (χ2v) is 5.12. The summed E-state index contributed by atoms with van der Waals surface area (Å²) in [5, 5.41) is 8.64. The van der Waals surface area contributed by atoms with E-state index in [9.17, 15) is 0 Å². The number of furan rings is 1. The molecular formula is C14H20ClN3O. The van der Waals surface area contributed by atoms with E-state index in [1.807, 2.05) is 24.7 Å². The van der Waals surface area contributed by atoms with E-state index in [4.69, 9.17) is 16.0 Å². The molecule has 5 heteroatoms. The topological polar surface area (TPSA) is 43.0 Å². The lowest BCUT2D eigenvalue weighted by Crippen LogP contribution is -2.24. The molecule has 0 aromatic carbocycles. The summed E-state index contributed by atoms with van der Waals surface area (Å²) in [6.45, 7) is 5.04. The minimum Gasteiger partial charge on any atom is -0.472 e. The summed E-state index contributed by atoms with van der Waals surface area (Å²) in [4.78, 5) is 0. The molecule has 19 heavy (non-hydrogen) atoms. The van der Waals surface area contributed by atoms with E-state index in [1.54, 1.807) is 12.5 Å². The Hall–Kier alpha value is -1.26. The second kappa shape index (κ2) is 6.26. The molecule has 2 rings (SSSR count). The Morgan fingerprint density at radius 3 is 2.84 bits per heavy atom. The number of hydrogen-bond donors (Lipinski definition) is 1. The van der Waals surface area contributed by atoms with Crippen LogP contribution in [0.3, 0.4) is 0 Å². The molecule has 0 aliphatic carbocycles. The van der Waals surface area contributed by atoms with Crippen molar-refractivity contribution in [2.45, 2.75) is 32.7 Å². The van der Waals surface area contributed by atoms with Crippen molar-refractivity contribution in [2.24, 2.45) is 7.05 Å². The highest BCUT2D eigenvalue weighted by Gasteiger charge is 2.18. The van der Waals surface area contributed by atoms with Crippen LogP contribution in [-0.2, 0) is 13.5 Å². The molecule has 0 spiro atoms. The van der Waals surface area contributed by atoms with Crippen LogP contribution in [0.15, 0.2) is 23.0 Å². The summed E-state index contributed by atoms with van der Waals surface area (Å²) in [7, 11) is 1.93. The van der Waals surface area contributed by atoms with Crippen molar-refractivity contribution >= 4 is 11.6 Å². The fourth-order valence-electron chi connectivity index (χ4n) is 2.19. The highest BCUT2D eigenvalue weighted by molar-refractivity contribution is 6.31. The van der Waals surface area contributed by atoms with Gasteiger partial charge in [-0.2, -0.15) is 5.10 Å². The predicted octanol–water partition coefficient (Wildman–Crippen LogP) is 3.26. The van der Waals surface area contributed by atoms with E-state index in [0.29, 0.717) is 0 Å². The summed E-state index contributed by atoms with van der Waals surface area (Å²) in [5.41, 5.74) is 3.07. The van der Waals surface area contributed by atoms with Crippen LogP contribution < -0.4 is 5.32 Å². The SMILES string of the molecule is CCCNC(Cc1c(Cl)c(C)nn1C)c1ccoc1. The van der Waals surface area contributed by atoms with Gasteiger partial charge in [0.15, 0.2) is 0 Å². The highest BCUT2D eigenvalue weighted by Crippen LogP contribution is 2.25. The van der Waals surface area contributed by atoms with Gasteiger partial charge in [-0.25, -0.2) is 0 Å². The Morgan fingerprint density at radius 2 is 2.32 bits per heavy atom. The van der Waals surface area contributed by atoms with E-state index >= 15 is 0 Å². The van der Waals surface area contributed by atoms with Gasteiger partial charge < -0.3 is 9.73 Å². The van der Waals surface area contributed by atoms with E-state index in [2.05, 4.69) is 17.3 Å². The quantitative estimate of drug-likeness (QED) is 0.884. The molecule has 0 saturated heterocycles. The number of aryl methyl sites for hydroxylation is 2. The second-order valence-electron chi connectivity index (χ2n) is 4.74. The molecule has 0 radical (unpaired) electrons. The first kappa shape index (κ1) is 14.2. The Balaban J connectivity index is 2.20. The molecule has 2 aromatic rings. The third kappa shape index (κ3) is 3.19. The van der Waals surface area contributed by atoms with Gasteiger partial charge in [0.25, 0.3) is 0 Å².